The van der Waals surface area contributed by atoms with Gasteiger partial charge in [-0.15, -0.1) is 0 Å². The number of nitrogens with one attached hydrogen (secondary N) is 1. The van der Waals surface area contributed by atoms with E-state index in [1.54, 1.807) is 13.3 Å². The Bertz CT molecular complexity index is 612. The van der Waals surface area contributed by atoms with Gasteiger partial charge in [-0.3, -0.25) is 10.5 Å². The summed E-state index contributed by atoms with van der Waals surface area (Å²) in [5, 5.41) is 4.41. The number of methoxy groups -OCH3 is 1. The number of hydrogen-bond acceptors (Lipinski definition) is 4. The third-order valence-corrected chi connectivity index (χ3v) is 3.99. The van der Waals surface area contributed by atoms with E-state index in [1.165, 1.54) is 0 Å². The summed E-state index contributed by atoms with van der Waals surface area (Å²) in [7, 11) is 1.65. The topological polar surface area (TPSA) is 65.1 Å². The van der Waals surface area contributed by atoms with Crippen molar-refractivity contribution in [3.63, 3.8) is 0 Å². The van der Waals surface area contributed by atoms with E-state index in [0.717, 1.165) is 40.0 Å². The minimum atomic E-state index is -0.175. The van der Waals surface area contributed by atoms with Gasteiger partial charge in [0.05, 0.1) is 19.3 Å². The minimum Gasteiger partial charge on any atom is -0.493 e. The molecule has 0 aliphatic heterocycles. The molecule has 6 heteroatoms. The molecule has 1 heterocycles. The Hall–Kier alpha value is -1.37. The molecule has 0 fully saturated rings. The van der Waals surface area contributed by atoms with E-state index in [1.807, 2.05) is 10.7 Å². The Morgan fingerprint density at radius 2 is 2.24 bits per heavy atom. The first-order valence-corrected chi connectivity index (χ1v) is 7.73. The van der Waals surface area contributed by atoms with Crippen molar-refractivity contribution in [3.8, 4) is 5.75 Å². The van der Waals surface area contributed by atoms with Crippen molar-refractivity contribution in [3.05, 3.63) is 45.7 Å². The highest BCUT2D eigenvalue weighted by molar-refractivity contribution is 9.10. The number of aryl methyl sites for hydroxylation is 2. The Balaban J connectivity index is 2.55. The molecule has 21 heavy (non-hydrogen) atoms. The first-order chi connectivity index (χ1) is 10.1. The van der Waals surface area contributed by atoms with E-state index in [4.69, 9.17) is 10.6 Å². The highest BCUT2D eigenvalue weighted by atomic mass is 79.9. The SMILES string of the molecule is CCCn1ncc(OC)c1C(NN)c1cc(Br)ccc1C. The van der Waals surface area contributed by atoms with Gasteiger partial charge >= 0.3 is 0 Å². The van der Waals surface area contributed by atoms with E-state index in [9.17, 15) is 0 Å². The molecule has 1 aromatic carbocycles. The Kier molecular flexibility index (Phi) is 5.39. The van der Waals surface area contributed by atoms with E-state index in [-0.39, 0.29) is 6.04 Å². The zero-order chi connectivity index (χ0) is 15.4. The average Bonchev–Trinajstić information content (AvgIpc) is 2.87. The summed E-state index contributed by atoms with van der Waals surface area (Å²) < 4.78 is 8.42. The van der Waals surface area contributed by atoms with Crippen LogP contribution in [-0.2, 0) is 6.54 Å². The van der Waals surface area contributed by atoms with E-state index in [2.05, 4.69) is 52.4 Å². The quantitative estimate of drug-likeness (QED) is 0.619. The van der Waals surface area contributed by atoms with E-state index in [0.29, 0.717) is 0 Å². The highest BCUT2D eigenvalue weighted by Gasteiger charge is 2.24. The summed E-state index contributed by atoms with van der Waals surface area (Å²) in [4.78, 5) is 0. The molecule has 0 spiro atoms. The maximum atomic E-state index is 5.84. The zero-order valence-electron chi connectivity index (χ0n) is 12.6. The maximum absolute atomic E-state index is 5.84. The number of hydrazine groups is 1. The molecular formula is C15H21BrN4O. The molecule has 0 amide bonds. The molecule has 2 aromatic rings. The van der Waals surface area contributed by atoms with Gasteiger partial charge in [-0.1, -0.05) is 28.9 Å². The lowest BCUT2D eigenvalue weighted by atomic mass is 9.98. The van der Waals surface area contributed by atoms with Crippen LogP contribution in [0.2, 0.25) is 0 Å². The summed E-state index contributed by atoms with van der Waals surface area (Å²) in [6, 6.07) is 5.98. The molecule has 114 valence electrons. The molecular weight excluding hydrogens is 332 g/mol. The largest absolute Gasteiger partial charge is 0.493 e. The second-order valence-corrected chi connectivity index (χ2v) is 5.84. The van der Waals surface area contributed by atoms with Crippen molar-refractivity contribution < 1.29 is 4.74 Å². The standard InChI is InChI=1S/C15H21BrN4O/c1-4-7-20-15(13(21-3)9-18-20)14(19-17)12-8-11(16)6-5-10(12)2/h5-6,8-9,14,19H,4,7,17H2,1-3H3. The summed E-state index contributed by atoms with van der Waals surface area (Å²) >= 11 is 3.52. The third-order valence-electron chi connectivity index (χ3n) is 3.49. The van der Waals surface area contributed by atoms with E-state index >= 15 is 0 Å². The number of rotatable bonds is 6. The van der Waals surface area contributed by atoms with Gasteiger partial charge in [-0.05, 0) is 36.6 Å². The normalized spacial score (nSPS) is 12.4. The summed E-state index contributed by atoms with van der Waals surface area (Å²) in [5.74, 6) is 6.58. The van der Waals surface area contributed by atoms with Crippen LogP contribution in [0.3, 0.4) is 0 Å². The van der Waals surface area contributed by atoms with Crippen molar-refractivity contribution >= 4 is 15.9 Å². The Morgan fingerprint density at radius 3 is 2.86 bits per heavy atom. The maximum Gasteiger partial charge on any atom is 0.161 e. The molecule has 0 aliphatic rings. The molecule has 0 radical (unpaired) electrons. The van der Waals surface area contributed by atoms with Gasteiger partial charge in [0.1, 0.15) is 5.69 Å². The monoisotopic (exact) mass is 352 g/mol. The zero-order valence-corrected chi connectivity index (χ0v) is 14.1. The van der Waals surface area contributed by atoms with Gasteiger partial charge in [-0.25, -0.2) is 5.43 Å². The van der Waals surface area contributed by atoms with Gasteiger partial charge in [-0.2, -0.15) is 5.10 Å². The second-order valence-electron chi connectivity index (χ2n) is 4.92. The second kappa shape index (κ2) is 7.06. The first-order valence-electron chi connectivity index (χ1n) is 6.94. The molecule has 0 saturated heterocycles. The number of aromatic nitrogens is 2. The number of ether oxygens (including phenoxy) is 1. The molecule has 3 N–H and O–H groups in total. The molecule has 1 unspecified atom stereocenters. The number of hydrogen-bond donors (Lipinski definition) is 2. The van der Waals surface area contributed by atoms with Crippen molar-refractivity contribution in [2.75, 3.05) is 7.11 Å². The number of nitrogens with zero attached hydrogens (tertiary/aromatic N) is 2. The van der Waals surface area contributed by atoms with Crippen molar-refractivity contribution in [1.29, 1.82) is 0 Å². The van der Waals surface area contributed by atoms with Crippen LogP contribution >= 0.6 is 15.9 Å². The van der Waals surface area contributed by atoms with Gasteiger partial charge < -0.3 is 4.74 Å². The van der Waals surface area contributed by atoms with E-state index < -0.39 is 0 Å². The molecule has 0 saturated carbocycles. The number of benzene rings is 1. The van der Waals surface area contributed by atoms with Gasteiger partial charge in [0.2, 0.25) is 0 Å². The summed E-state index contributed by atoms with van der Waals surface area (Å²) in [6.45, 7) is 5.01. The third kappa shape index (κ3) is 3.28. The minimum absolute atomic E-state index is 0.175. The highest BCUT2D eigenvalue weighted by Crippen LogP contribution is 2.32. The van der Waals surface area contributed by atoms with Gasteiger partial charge in [0, 0.05) is 11.0 Å². The average molecular weight is 353 g/mol. The van der Waals surface area contributed by atoms with Crippen molar-refractivity contribution in [2.45, 2.75) is 32.9 Å². The lowest BCUT2D eigenvalue weighted by molar-refractivity contribution is 0.398. The van der Waals surface area contributed by atoms with Crippen molar-refractivity contribution in [1.82, 2.24) is 15.2 Å². The van der Waals surface area contributed by atoms with Crippen LogP contribution in [0.15, 0.2) is 28.9 Å². The lowest BCUT2D eigenvalue weighted by Gasteiger charge is -2.21. The van der Waals surface area contributed by atoms with Crippen molar-refractivity contribution in [2.24, 2.45) is 5.84 Å². The van der Waals surface area contributed by atoms with Gasteiger partial charge in [0.15, 0.2) is 5.75 Å². The molecule has 0 aliphatic carbocycles. The fraction of sp³-hybridized carbons (Fsp3) is 0.400. The predicted molar refractivity (Wildman–Crippen MR) is 87.1 cm³/mol. The van der Waals surface area contributed by atoms with Crippen LogP contribution in [0.4, 0.5) is 0 Å². The Morgan fingerprint density at radius 1 is 1.48 bits per heavy atom. The van der Waals surface area contributed by atoms with Crippen LogP contribution in [0, 0.1) is 6.92 Å². The molecule has 0 bridgehead atoms. The smallest absolute Gasteiger partial charge is 0.161 e. The molecule has 5 nitrogen and oxygen atoms in total. The molecule has 2 rings (SSSR count). The van der Waals surface area contributed by atoms with Crippen LogP contribution in [-0.4, -0.2) is 16.9 Å². The summed E-state index contributed by atoms with van der Waals surface area (Å²) in [5.41, 5.74) is 6.11. The lowest BCUT2D eigenvalue weighted by Crippen LogP contribution is -2.31. The fourth-order valence-corrected chi connectivity index (χ4v) is 2.83. The summed E-state index contributed by atoms with van der Waals surface area (Å²) in [6.07, 6.45) is 2.73. The van der Waals surface area contributed by atoms with Crippen LogP contribution in [0.1, 0.15) is 36.2 Å². The first kappa shape index (κ1) is 16.0. The molecule has 1 aromatic heterocycles. The molecule has 1 atom stereocenters. The van der Waals surface area contributed by atoms with Crippen LogP contribution < -0.4 is 16.0 Å². The predicted octanol–water partition coefficient (Wildman–Crippen LogP) is 2.93. The fourth-order valence-electron chi connectivity index (χ4n) is 2.45. The number of nitrogens with two attached hydrogens (primary N) is 1. The number of halogens is 1. The Labute approximate surface area is 133 Å². The van der Waals surface area contributed by atoms with Crippen LogP contribution in [0.5, 0.6) is 5.75 Å². The van der Waals surface area contributed by atoms with Gasteiger partial charge in [0.25, 0.3) is 0 Å². The van der Waals surface area contributed by atoms with Crippen LogP contribution in [0.25, 0.3) is 0 Å².